The van der Waals surface area contributed by atoms with E-state index >= 15 is 0 Å². The van der Waals surface area contributed by atoms with Gasteiger partial charge < -0.3 is 14.8 Å². The number of benzene rings is 2. The number of anilines is 1. The van der Waals surface area contributed by atoms with Crippen molar-refractivity contribution in [1.82, 2.24) is 14.8 Å². The fourth-order valence-electron chi connectivity index (χ4n) is 3.87. The fraction of sp³-hybridized carbons (Fsp3) is 0.296. The first-order valence-corrected chi connectivity index (χ1v) is 13.2. The third-order valence-corrected chi connectivity index (χ3v) is 6.96. The van der Waals surface area contributed by atoms with Gasteiger partial charge in [0.2, 0.25) is 11.1 Å². The molecule has 36 heavy (non-hydrogen) atoms. The zero-order chi connectivity index (χ0) is 25.5. The molecular formula is C27H29ClN4O3S. The molecule has 0 saturated heterocycles. The number of rotatable bonds is 11. The lowest BCUT2D eigenvalue weighted by Gasteiger charge is -2.29. The molecule has 1 aromatic heterocycles. The molecule has 1 N–H and O–H groups in total. The summed E-state index contributed by atoms with van der Waals surface area (Å²) < 4.78 is 13.4. The van der Waals surface area contributed by atoms with Crippen LogP contribution in [0.1, 0.15) is 43.9 Å². The van der Waals surface area contributed by atoms with Crippen LogP contribution >= 0.6 is 23.4 Å². The number of allylic oxidation sites excluding steroid dienone is 1. The molecular weight excluding hydrogens is 496 g/mol. The minimum absolute atomic E-state index is 0.106. The molecule has 0 aliphatic carbocycles. The van der Waals surface area contributed by atoms with Gasteiger partial charge in [0, 0.05) is 27.6 Å². The van der Waals surface area contributed by atoms with Crippen molar-refractivity contribution in [2.75, 3.05) is 17.7 Å². The first-order chi connectivity index (χ1) is 17.5. The minimum atomic E-state index is -0.589. The summed E-state index contributed by atoms with van der Waals surface area (Å²) in [6, 6.07) is 14.6. The number of nitrogens with zero attached hydrogens (tertiary/aromatic N) is 3. The summed E-state index contributed by atoms with van der Waals surface area (Å²) in [7, 11) is 0. The number of hydrogen-bond donors (Lipinski definition) is 1. The maximum absolute atomic E-state index is 13.2. The van der Waals surface area contributed by atoms with E-state index in [2.05, 4.69) is 23.8 Å². The van der Waals surface area contributed by atoms with Crippen molar-refractivity contribution in [3.8, 4) is 5.75 Å². The van der Waals surface area contributed by atoms with Crippen molar-refractivity contribution in [3.63, 3.8) is 0 Å². The molecule has 0 spiro atoms. The number of nitrogens with one attached hydrogen (secondary N) is 1. The zero-order valence-corrected chi connectivity index (χ0v) is 21.9. The number of ether oxygens (including phenoxy) is 2. The molecule has 0 radical (unpaired) electrons. The topological polar surface area (TPSA) is 78.3 Å². The van der Waals surface area contributed by atoms with Crippen LogP contribution in [0.25, 0.3) is 0 Å². The highest BCUT2D eigenvalue weighted by Gasteiger charge is 2.36. The Kier molecular flexibility index (Phi) is 8.72. The van der Waals surface area contributed by atoms with Crippen LogP contribution in [0.15, 0.2) is 77.6 Å². The zero-order valence-electron chi connectivity index (χ0n) is 20.4. The quantitative estimate of drug-likeness (QED) is 0.134. The number of unbranched alkanes of at least 4 members (excludes halogenated alkanes) is 1. The highest BCUT2D eigenvalue weighted by Crippen LogP contribution is 2.40. The van der Waals surface area contributed by atoms with Gasteiger partial charge in [-0.1, -0.05) is 85.8 Å². The van der Waals surface area contributed by atoms with Crippen molar-refractivity contribution < 1.29 is 14.3 Å². The van der Waals surface area contributed by atoms with E-state index in [-0.39, 0.29) is 13.2 Å². The van der Waals surface area contributed by atoms with Gasteiger partial charge in [-0.3, -0.25) is 0 Å². The molecule has 2 heterocycles. The van der Waals surface area contributed by atoms with Gasteiger partial charge in [-0.15, -0.1) is 5.10 Å². The average molecular weight is 525 g/mol. The minimum Gasteiger partial charge on any atom is -0.488 e. The van der Waals surface area contributed by atoms with E-state index < -0.39 is 12.0 Å². The number of esters is 1. The number of fused-ring (bicyclic) bond motifs is 1. The monoisotopic (exact) mass is 524 g/mol. The van der Waals surface area contributed by atoms with E-state index in [1.54, 1.807) is 22.5 Å². The Labute approximate surface area is 220 Å². The molecule has 188 valence electrons. The molecule has 4 rings (SSSR count). The third kappa shape index (κ3) is 5.77. The molecule has 1 aliphatic rings. The van der Waals surface area contributed by atoms with Crippen LogP contribution in [0.2, 0.25) is 5.02 Å². The summed E-state index contributed by atoms with van der Waals surface area (Å²) in [5, 5.41) is 9.29. The third-order valence-electron chi connectivity index (χ3n) is 5.67. The number of carbonyl (C=O) groups is 1. The fourth-order valence-corrected chi connectivity index (χ4v) is 4.98. The molecule has 9 heteroatoms. The van der Waals surface area contributed by atoms with Gasteiger partial charge in [-0.25, -0.2) is 9.48 Å². The van der Waals surface area contributed by atoms with Crippen molar-refractivity contribution in [2.45, 2.75) is 44.5 Å². The highest BCUT2D eigenvalue weighted by atomic mass is 35.5. The smallest absolute Gasteiger partial charge is 0.338 e. The number of halogens is 1. The summed E-state index contributed by atoms with van der Waals surface area (Å²) in [4.78, 5) is 17.9. The summed E-state index contributed by atoms with van der Waals surface area (Å²) in [5.41, 5.74) is 2.73. The maximum Gasteiger partial charge on any atom is 0.338 e. The summed E-state index contributed by atoms with van der Waals surface area (Å²) >= 11 is 7.94. The Balaban J connectivity index is 1.74. The second-order valence-corrected chi connectivity index (χ2v) is 9.71. The van der Waals surface area contributed by atoms with Crippen molar-refractivity contribution >= 4 is 35.3 Å². The average Bonchev–Trinajstić information content (AvgIpc) is 3.28. The SMILES string of the molecule is C=CCOC(=O)C1=C(C)Nc2nc(SCCCC)nn2C1c1ccccc1OCc1ccccc1Cl. The normalized spacial score (nSPS) is 14.7. The van der Waals surface area contributed by atoms with Gasteiger partial charge in [0.25, 0.3) is 0 Å². The summed E-state index contributed by atoms with van der Waals surface area (Å²) in [6.07, 6.45) is 3.71. The molecule has 3 aromatic rings. The molecule has 1 aliphatic heterocycles. The van der Waals surface area contributed by atoms with E-state index in [1.807, 2.05) is 55.5 Å². The Morgan fingerprint density at radius 2 is 2.03 bits per heavy atom. The maximum atomic E-state index is 13.2. The van der Waals surface area contributed by atoms with E-state index in [4.69, 9.17) is 26.2 Å². The number of carbonyl (C=O) groups excluding carboxylic acids is 1. The molecule has 0 amide bonds. The summed E-state index contributed by atoms with van der Waals surface area (Å²) in [6.45, 7) is 8.03. The summed E-state index contributed by atoms with van der Waals surface area (Å²) in [5.74, 6) is 1.65. The Morgan fingerprint density at radius 3 is 2.81 bits per heavy atom. The van der Waals surface area contributed by atoms with Gasteiger partial charge in [-0.05, 0) is 25.5 Å². The van der Waals surface area contributed by atoms with Crippen LogP contribution in [-0.2, 0) is 16.1 Å². The molecule has 0 saturated carbocycles. The lowest BCUT2D eigenvalue weighted by molar-refractivity contribution is -0.138. The van der Waals surface area contributed by atoms with Crippen LogP contribution in [0, 0.1) is 0 Å². The van der Waals surface area contributed by atoms with Gasteiger partial charge in [0.1, 0.15) is 25.0 Å². The van der Waals surface area contributed by atoms with Crippen LogP contribution in [0.5, 0.6) is 5.75 Å². The molecule has 0 bridgehead atoms. The molecule has 1 unspecified atom stereocenters. The van der Waals surface area contributed by atoms with Crippen molar-refractivity contribution in [2.24, 2.45) is 0 Å². The predicted molar refractivity (Wildman–Crippen MR) is 143 cm³/mol. The lowest BCUT2D eigenvalue weighted by atomic mass is 9.95. The van der Waals surface area contributed by atoms with E-state index in [0.717, 1.165) is 29.7 Å². The van der Waals surface area contributed by atoms with Crippen LogP contribution in [0.3, 0.4) is 0 Å². The van der Waals surface area contributed by atoms with Crippen LogP contribution in [-0.4, -0.2) is 33.1 Å². The Bertz CT molecular complexity index is 1270. The lowest BCUT2D eigenvalue weighted by Crippen LogP contribution is -2.30. The first-order valence-electron chi connectivity index (χ1n) is 11.8. The largest absolute Gasteiger partial charge is 0.488 e. The molecule has 7 nitrogen and oxygen atoms in total. The number of para-hydroxylation sites is 1. The second kappa shape index (κ2) is 12.1. The molecule has 0 fully saturated rings. The van der Waals surface area contributed by atoms with Gasteiger partial charge in [0.15, 0.2) is 0 Å². The van der Waals surface area contributed by atoms with Crippen LogP contribution < -0.4 is 10.1 Å². The Morgan fingerprint density at radius 1 is 1.25 bits per heavy atom. The first kappa shape index (κ1) is 25.9. The van der Waals surface area contributed by atoms with Crippen molar-refractivity contribution in [3.05, 3.63) is 88.6 Å². The molecule has 1 atom stereocenters. The van der Waals surface area contributed by atoms with Gasteiger partial charge in [-0.2, -0.15) is 4.98 Å². The number of hydrogen-bond acceptors (Lipinski definition) is 7. The number of thioether (sulfide) groups is 1. The van der Waals surface area contributed by atoms with Crippen molar-refractivity contribution in [1.29, 1.82) is 0 Å². The Hall–Kier alpha value is -3.23. The standard InChI is InChI=1S/C27H29ClN4O3S/c1-4-6-16-36-27-30-26-29-18(3)23(25(33)34-15-5-2)24(32(26)31-27)20-12-8-10-14-22(20)35-17-19-11-7-9-13-21(19)28/h5,7-14,24H,2,4,6,15-17H2,1,3H3,(H,29,30,31). The number of aromatic nitrogens is 3. The molecule has 2 aromatic carbocycles. The van der Waals surface area contributed by atoms with E-state index in [1.165, 1.54) is 0 Å². The van der Waals surface area contributed by atoms with E-state index in [0.29, 0.717) is 33.1 Å². The van der Waals surface area contributed by atoms with Gasteiger partial charge >= 0.3 is 5.97 Å². The highest BCUT2D eigenvalue weighted by molar-refractivity contribution is 7.99. The van der Waals surface area contributed by atoms with Gasteiger partial charge in [0.05, 0.1) is 5.57 Å². The van der Waals surface area contributed by atoms with Crippen LogP contribution in [0.4, 0.5) is 5.95 Å². The predicted octanol–water partition coefficient (Wildman–Crippen LogP) is 6.42. The second-order valence-electron chi connectivity index (χ2n) is 8.24. The van der Waals surface area contributed by atoms with E-state index in [9.17, 15) is 4.79 Å².